The molecule has 0 amide bonds. The van der Waals surface area contributed by atoms with Gasteiger partial charge in [-0.2, -0.15) is 0 Å². The van der Waals surface area contributed by atoms with Gasteiger partial charge in [0.15, 0.2) is 0 Å². The van der Waals surface area contributed by atoms with E-state index in [1.165, 1.54) is 64.6 Å². The lowest BCUT2D eigenvalue weighted by atomic mass is 9.80. The number of likely N-dealkylation sites (tertiary alicyclic amines) is 1. The lowest BCUT2D eigenvalue weighted by Crippen LogP contribution is -2.52. The Balaban J connectivity index is 1.94. The molecule has 4 unspecified atom stereocenters. The lowest BCUT2D eigenvalue weighted by molar-refractivity contribution is 0.113. The van der Waals surface area contributed by atoms with Crippen LogP contribution in [0.1, 0.15) is 65.7 Å². The summed E-state index contributed by atoms with van der Waals surface area (Å²) in [5.74, 6) is 1.94. The summed E-state index contributed by atoms with van der Waals surface area (Å²) in [6, 6.07) is 1.58. The van der Waals surface area contributed by atoms with Crippen LogP contribution < -0.4 is 5.32 Å². The van der Waals surface area contributed by atoms with Gasteiger partial charge < -0.3 is 5.32 Å². The molecule has 2 aliphatic rings. The maximum Gasteiger partial charge on any atom is 0.0252 e. The van der Waals surface area contributed by atoms with Crippen LogP contribution in [0.5, 0.6) is 0 Å². The van der Waals surface area contributed by atoms with Crippen LogP contribution in [-0.2, 0) is 0 Å². The molecule has 0 aromatic carbocycles. The van der Waals surface area contributed by atoms with E-state index in [-0.39, 0.29) is 0 Å². The molecule has 0 radical (unpaired) electrons. The number of rotatable bonds is 6. The minimum absolute atomic E-state index is 0.762. The highest BCUT2D eigenvalue weighted by Crippen LogP contribution is 2.33. The van der Waals surface area contributed by atoms with Gasteiger partial charge in [-0.25, -0.2) is 0 Å². The zero-order valence-electron chi connectivity index (χ0n) is 13.3. The Kier molecular flexibility index (Phi) is 6.15. The van der Waals surface area contributed by atoms with Crippen LogP contribution in [0.3, 0.4) is 0 Å². The second-order valence-electron chi connectivity index (χ2n) is 6.77. The van der Waals surface area contributed by atoms with Gasteiger partial charge in [0.1, 0.15) is 0 Å². The van der Waals surface area contributed by atoms with Crippen LogP contribution in [-0.4, -0.2) is 36.6 Å². The van der Waals surface area contributed by atoms with E-state index in [0.29, 0.717) is 0 Å². The van der Waals surface area contributed by atoms with Crippen LogP contribution in [0.25, 0.3) is 0 Å². The molecule has 2 rings (SSSR count). The molecule has 2 heteroatoms. The van der Waals surface area contributed by atoms with Gasteiger partial charge in [-0.15, -0.1) is 0 Å². The molecule has 4 atom stereocenters. The first-order valence-electron chi connectivity index (χ1n) is 8.75. The molecular formula is C17H34N2. The maximum absolute atomic E-state index is 3.83. The predicted octanol–water partition coefficient (Wildman–Crippen LogP) is 3.67. The Morgan fingerprint density at radius 2 is 1.79 bits per heavy atom. The van der Waals surface area contributed by atoms with Crippen molar-refractivity contribution in [3.63, 3.8) is 0 Å². The van der Waals surface area contributed by atoms with Gasteiger partial charge in [0, 0.05) is 18.6 Å². The van der Waals surface area contributed by atoms with Crippen LogP contribution in [0.2, 0.25) is 0 Å². The molecule has 1 saturated heterocycles. The highest BCUT2D eigenvalue weighted by Gasteiger charge is 2.36. The first-order chi connectivity index (χ1) is 9.28. The minimum Gasteiger partial charge on any atom is -0.312 e. The molecule has 1 N–H and O–H groups in total. The van der Waals surface area contributed by atoms with E-state index in [1.54, 1.807) is 0 Å². The molecular weight excluding hydrogens is 232 g/mol. The third-order valence-corrected chi connectivity index (χ3v) is 5.52. The number of hydrogen-bond acceptors (Lipinski definition) is 2. The fraction of sp³-hybridized carbons (Fsp3) is 1.00. The molecule has 112 valence electrons. The molecule has 2 fully saturated rings. The van der Waals surface area contributed by atoms with Crippen molar-refractivity contribution >= 4 is 0 Å². The number of nitrogens with zero attached hydrogens (tertiary/aromatic N) is 1. The summed E-state index contributed by atoms with van der Waals surface area (Å²) in [6.45, 7) is 10.9. The summed E-state index contributed by atoms with van der Waals surface area (Å²) in [5, 5.41) is 3.83. The number of hydrogen-bond donors (Lipinski definition) is 1. The Hall–Kier alpha value is -0.0800. The normalized spacial score (nSPS) is 36.8. The average Bonchev–Trinajstić information content (AvgIpc) is 2.93. The first-order valence-corrected chi connectivity index (χ1v) is 8.75. The van der Waals surface area contributed by atoms with E-state index in [9.17, 15) is 0 Å². The summed E-state index contributed by atoms with van der Waals surface area (Å²) in [5.41, 5.74) is 0. The van der Waals surface area contributed by atoms with Gasteiger partial charge in [-0.3, -0.25) is 4.90 Å². The van der Waals surface area contributed by atoms with Gasteiger partial charge in [0.25, 0.3) is 0 Å². The van der Waals surface area contributed by atoms with E-state index in [1.807, 2.05) is 0 Å². The fourth-order valence-electron chi connectivity index (χ4n) is 4.07. The van der Waals surface area contributed by atoms with Crippen LogP contribution in [0.4, 0.5) is 0 Å². The summed E-state index contributed by atoms with van der Waals surface area (Å²) in [6.07, 6.45) is 9.72. The summed E-state index contributed by atoms with van der Waals surface area (Å²) in [7, 11) is 0. The molecule has 1 aliphatic heterocycles. The van der Waals surface area contributed by atoms with E-state index in [2.05, 4.69) is 31.0 Å². The van der Waals surface area contributed by atoms with Crippen molar-refractivity contribution in [2.24, 2.45) is 11.8 Å². The summed E-state index contributed by atoms with van der Waals surface area (Å²) >= 11 is 0. The topological polar surface area (TPSA) is 15.3 Å². The molecule has 19 heavy (non-hydrogen) atoms. The standard InChI is InChI=1S/C17H34N2/c1-4-10-18-16-8-7-14(5-2)12-17(16)19-11-9-15(6-3)13-19/h14-18H,4-13H2,1-3H3. The predicted molar refractivity (Wildman–Crippen MR) is 83.5 cm³/mol. The van der Waals surface area contributed by atoms with Crippen molar-refractivity contribution in [2.45, 2.75) is 77.8 Å². The second kappa shape index (κ2) is 7.64. The molecule has 0 aromatic heterocycles. The molecule has 1 aliphatic carbocycles. The molecule has 2 nitrogen and oxygen atoms in total. The Labute approximate surface area is 120 Å². The van der Waals surface area contributed by atoms with E-state index in [0.717, 1.165) is 23.9 Å². The quantitative estimate of drug-likeness (QED) is 0.789. The average molecular weight is 266 g/mol. The van der Waals surface area contributed by atoms with Crippen molar-refractivity contribution in [1.82, 2.24) is 10.2 Å². The second-order valence-corrected chi connectivity index (χ2v) is 6.77. The molecule has 1 saturated carbocycles. The third-order valence-electron chi connectivity index (χ3n) is 5.52. The Morgan fingerprint density at radius 1 is 1.00 bits per heavy atom. The first kappa shape index (κ1) is 15.3. The van der Waals surface area contributed by atoms with Gasteiger partial charge >= 0.3 is 0 Å². The molecule has 1 heterocycles. The lowest BCUT2D eigenvalue weighted by Gasteiger charge is -2.41. The van der Waals surface area contributed by atoms with E-state index in [4.69, 9.17) is 0 Å². The van der Waals surface area contributed by atoms with Crippen molar-refractivity contribution < 1.29 is 0 Å². The maximum atomic E-state index is 3.83. The third kappa shape index (κ3) is 3.95. The van der Waals surface area contributed by atoms with Crippen LogP contribution in [0, 0.1) is 11.8 Å². The molecule has 0 bridgehead atoms. The largest absolute Gasteiger partial charge is 0.312 e. The Morgan fingerprint density at radius 3 is 2.42 bits per heavy atom. The van der Waals surface area contributed by atoms with E-state index >= 15 is 0 Å². The summed E-state index contributed by atoms with van der Waals surface area (Å²) < 4.78 is 0. The van der Waals surface area contributed by atoms with E-state index < -0.39 is 0 Å². The van der Waals surface area contributed by atoms with Gasteiger partial charge in [0.05, 0.1) is 0 Å². The van der Waals surface area contributed by atoms with Crippen molar-refractivity contribution in [3.05, 3.63) is 0 Å². The highest BCUT2D eigenvalue weighted by molar-refractivity contribution is 4.93. The smallest absolute Gasteiger partial charge is 0.0252 e. The Bertz CT molecular complexity index is 252. The SMILES string of the molecule is CCCNC1CCC(CC)CC1N1CCC(CC)C1. The zero-order chi connectivity index (χ0) is 13.7. The minimum atomic E-state index is 0.762. The van der Waals surface area contributed by atoms with Crippen molar-refractivity contribution in [2.75, 3.05) is 19.6 Å². The summed E-state index contributed by atoms with van der Waals surface area (Å²) in [4.78, 5) is 2.82. The van der Waals surface area contributed by atoms with Crippen molar-refractivity contribution in [3.8, 4) is 0 Å². The zero-order valence-corrected chi connectivity index (χ0v) is 13.3. The van der Waals surface area contributed by atoms with Crippen molar-refractivity contribution in [1.29, 1.82) is 0 Å². The molecule has 0 aromatic rings. The van der Waals surface area contributed by atoms with Crippen LogP contribution in [0.15, 0.2) is 0 Å². The number of nitrogens with one attached hydrogen (secondary N) is 1. The van der Waals surface area contributed by atoms with Gasteiger partial charge in [-0.05, 0) is 57.0 Å². The molecule has 0 spiro atoms. The van der Waals surface area contributed by atoms with Crippen LogP contribution >= 0.6 is 0 Å². The monoisotopic (exact) mass is 266 g/mol. The highest BCUT2D eigenvalue weighted by atomic mass is 15.2. The van der Waals surface area contributed by atoms with Gasteiger partial charge in [0.2, 0.25) is 0 Å². The van der Waals surface area contributed by atoms with Gasteiger partial charge in [-0.1, -0.05) is 33.6 Å². The fourth-order valence-corrected chi connectivity index (χ4v) is 4.07.